The van der Waals surface area contributed by atoms with Crippen molar-refractivity contribution in [1.82, 2.24) is 4.90 Å². The van der Waals surface area contributed by atoms with Crippen molar-refractivity contribution in [3.05, 3.63) is 35.4 Å². The standard InChI is InChI=1S/C14H17F3N2/c15-14(16,17)10-3-1-9(2-4-10)13-12(18)7-8-19(13)11-5-6-11/h1-4,11-13H,5-8,18H2. The molecule has 2 unspecified atom stereocenters. The fourth-order valence-corrected chi connectivity index (χ4v) is 2.96. The molecule has 1 saturated carbocycles. The van der Waals surface area contributed by atoms with Crippen LogP contribution in [0.1, 0.15) is 36.4 Å². The quantitative estimate of drug-likeness (QED) is 0.895. The molecule has 1 saturated heterocycles. The van der Waals surface area contributed by atoms with Crippen molar-refractivity contribution < 1.29 is 13.2 Å². The Labute approximate surface area is 110 Å². The topological polar surface area (TPSA) is 29.3 Å². The minimum atomic E-state index is -4.27. The molecule has 2 nitrogen and oxygen atoms in total. The lowest BCUT2D eigenvalue weighted by atomic mass is 9.99. The molecular formula is C14H17F3N2. The third-order valence-electron chi connectivity index (χ3n) is 4.08. The minimum Gasteiger partial charge on any atom is -0.326 e. The van der Waals surface area contributed by atoms with E-state index in [-0.39, 0.29) is 12.1 Å². The van der Waals surface area contributed by atoms with Crippen molar-refractivity contribution in [2.24, 2.45) is 5.73 Å². The molecule has 5 heteroatoms. The summed E-state index contributed by atoms with van der Waals surface area (Å²) in [6.07, 6.45) is -0.984. The van der Waals surface area contributed by atoms with E-state index in [1.54, 1.807) is 12.1 Å². The number of hydrogen-bond acceptors (Lipinski definition) is 2. The second-order valence-corrected chi connectivity index (χ2v) is 5.49. The van der Waals surface area contributed by atoms with Crippen molar-refractivity contribution in [3.63, 3.8) is 0 Å². The molecule has 0 amide bonds. The molecule has 19 heavy (non-hydrogen) atoms. The van der Waals surface area contributed by atoms with Crippen LogP contribution in [-0.2, 0) is 6.18 Å². The predicted octanol–water partition coefficient (Wildman–Crippen LogP) is 2.94. The van der Waals surface area contributed by atoms with Crippen LogP contribution in [0.5, 0.6) is 0 Å². The first-order valence-corrected chi connectivity index (χ1v) is 6.65. The first kappa shape index (κ1) is 12.9. The summed E-state index contributed by atoms with van der Waals surface area (Å²) in [7, 11) is 0. The zero-order chi connectivity index (χ0) is 13.6. The number of rotatable bonds is 2. The smallest absolute Gasteiger partial charge is 0.326 e. The van der Waals surface area contributed by atoms with Gasteiger partial charge in [-0.15, -0.1) is 0 Å². The molecule has 2 aliphatic rings. The maximum atomic E-state index is 12.6. The molecule has 0 spiro atoms. The van der Waals surface area contributed by atoms with Crippen LogP contribution in [0.2, 0.25) is 0 Å². The second kappa shape index (κ2) is 4.49. The van der Waals surface area contributed by atoms with Crippen molar-refractivity contribution in [2.75, 3.05) is 6.54 Å². The predicted molar refractivity (Wildman–Crippen MR) is 66.5 cm³/mol. The third-order valence-corrected chi connectivity index (χ3v) is 4.08. The Morgan fingerprint density at radius 3 is 2.21 bits per heavy atom. The summed E-state index contributed by atoms with van der Waals surface area (Å²) < 4.78 is 37.7. The van der Waals surface area contributed by atoms with E-state index >= 15 is 0 Å². The molecule has 1 heterocycles. The SMILES string of the molecule is NC1CCN(C2CC2)C1c1ccc(C(F)(F)F)cc1. The highest BCUT2D eigenvalue weighted by Gasteiger charge is 2.41. The largest absolute Gasteiger partial charge is 0.416 e. The van der Waals surface area contributed by atoms with Crippen LogP contribution in [0, 0.1) is 0 Å². The molecule has 0 bridgehead atoms. The van der Waals surface area contributed by atoms with Gasteiger partial charge < -0.3 is 5.73 Å². The highest BCUT2D eigenvalue weighted by atomic mass is 19.4. The molecule has 0 radical (unpaired) electrons. The van der Waals surface area contributed by atoms with Crippen LogP contribution in [-0.4, -0.2) is 23.5 Å². The van der Waals surface area contributed by atoms with Crippen LogP contribution >= 0.6 is 0 Å². The van der Waals surface area contributed by atoms with E-state index in [2.05, 4.69) is 4.90 Å². The number of halogens is 3. The summed E-state index contributed by atoms with van der Waals surface area (Å²) in [6, 6.07) is 6.16. The Morgan fingerprint density at radius 2 is 1.68 bits per heavy atom. The molecular weight excluding hydrogens is 253 g/mol. The van der Waals surface area contributed by atoms with Crippen molar-refractivity contribution in [3.8, 4) is 0 Å². The molecule has 1 aromatic rings. The molecule has 104 valence electrons. The van der Waals surface area contributed by atoms with Gasteiger partial charge in [-0.05, 0) is 37.0 Å². The van der Waals surface area contributed by atoms with E-state index in [0.29, 0.717) is 6.04 Å². The van der Waals surface area contributed by atoms with Crippen molar-refractivity contribution in [2.45, 2.75) is 43.6 Å². The first-order valence-electron chi connectivity index (χ1n) is 6.65. The number of alkyl halides is 3. The van der Waals surface area contributed by atoms with Crippen LogP contribution < -0.4 is 5.73 Å². The van der Waals surface area contributed by atoms with Gasteiger partial charge in [0.15, 0.2) is 0 Å². The fourth-order valence-electron chi connectivity index (χ4n) is 2.96. The monoisotopic (exact) mass is 270 g/mol. The summed E-state index contributed by atoms with van der Waals surface area (Å²) in [5.74, 6) is 0. The van der Waals surface area contributed by atoms with Crippen LogP contribution in [0.25, 0.3) is 0 Å². The number of nitrogens with zero attached hydrogens (tertiary/aromatic N) is 1. The summed E-state index contributed by atoms with van der Waals surface area (Å²) >= 11 is 0. The Balaban J connectivity index is 1.84. The molecule has 1 aliphatic heterocycles. The van der Waals surface area contributed by atoms with Gasteiger partial charge in [0.2, 0.25) is 0 Å². The summed E-state index contributed by atoms with van der Waals surface area (Å²) in [5.41, 5.74) is 6.44. The molecule has 1 aliphatic carbocycles. The lowest BCUT2D eigenvalue weighted by molar-refractivity contribution is -0.137. The Morgan fingerprint density at radius 1 is 1.05 bits per heavy atom. The maximum Gasteiger partial charge on any atom is 0.416 e. The summed E-state index contributed by atoms with van der Waals surface area (Å²) in [4.78, 5) is 2.35. The van der Waals surface area contributed by atoms with Gasteiger partial charge in [0, 0.05) is 18.6 Å². The zero-order valence-electron chi connectivity index (χ0n) is 10.5. The van der Waals surface area contributed by atoms with Gasteiger partial charge >= 0.3 is 6.18 Å². The van der Waals surface area contributed by atoms with Gasteiger partial charge in [-0.2, -0.15) is 13.2 Å². The van der Waals surface area contributed by atoms with Gasteiger partial charge in [-0.25, -0.2) is 0 Å². The third kappa shape index (κ3) is 2.49. The average molecular weight is 270 g/mol. The van der Waals surface area contributed by atoms with Gasteiger partial charge in [-0.1, -0.05) is 12.1 Å². The Hall–Kier alpha value is -1.07. The number of benzene rings is 1. The van der Waals surface area contributed by atoms with Gasteiger partial charge in [0.25, 0.3) is 0 Å². The highest BCUT2D eigenvalue weighted by Crippen LogP contribution is 2.40. The lowest BCUT2D eigenvalue weighted by Gasteiger charge is -2.27. The van der Waals surface area contributed by atoms with E-state index in [1.807, 2.05) is 0 Å². The van der Waals surface area contributed by atoms with Gasteiger partial charge in [-0.3, -0.25) is 4.90 Å². The van der Waals surface area contributed by atoms with Gasteiger partial charge in [0.1, 0.15) is 0 Å². The molecule has 1 aromatic carbocycles. The van der Waals surface area contributed by atoms with E-state index < -0.39 is 11.7 Å². The minimum absolute atomic E-state index is 0.0253. The summed E-state index contributed by atoms with van der Waals surface area (Å²) in [5, 5.41) is 0. The fraction of sp³-hybridized carbons (Fsp3) is 0.571. The number of hydrogen-bond donors (Lipinski definition) is 1. The zero-order valence-corrected chi connectivity index (χ0v) is 10.5. The summed E-state index contributed by atoms with van der Waals surface area (Å²) in [6.45, 7) is 0.956. The molecule has 2 N–H and O–H groups in total. The van der Waals surface area contributed by atoms with Crippen LogP contribution in [0.4, 0.5) is 13.2 Å². The number of likely N-dealkylation sites (tertiary alicyclic amines) is 1. The highest BCUT2D eigenvalue weighted by molar-refractivity contribution is 5.29. The average Bonchev–Trinajstić information content (AvgIpc) is 3.12. The molecule has 2 atom stereocenters. The lowest BCUT2D eigenvalue weighted by Crippen LogP contribution is -2.33. The van der Waals surface area contributed by atoms with Crippen LogP contribution in [0.15, 0.2) is 24.3 Å². The van der Waals surface area contributed by atoms with E-state index in [0.717, 1.165) is 30.7 Å². The van der Waals surface area contributed by atoms with Crippen LogP contribution in [0.3, 0.4) is 0 Å². The van der Waals surface area contributed by atoms with E-state index in [4.69, 9.17) is 5.73 Å². The maximum absolute atomic E-state index is 12.6. The Bertz CT molecular complexity index is 451. The Kier molecular flexibility index (Phi) is 3.06. The van der Waals surface area contributed by atoms with E-state index in [9.17, 15) is 13.2 Å². The van der Waals surface area contributed by atoms with Gasteiger partial charge in [0.05, 0.1) is 11.6 Å². The van der Waals surface area contributed by atoms with Crippen molar-refractivity contribution >= 4 is 0 Å². The normalized spacial score (nSPS) is 28.8. The van der Waals surface area contributed by atoms with Crippen molar-refractivity contribution in [1.29, 1.82) is 0 Å². The molecule has 0 aromatic heterocycles. The molecule has 3 rings (SSSR count). The second-order valence-electron chi connectivity index (χ2n) is 5.49. The first-order chi connectivity index (χ1) is 8.97. The molecule has 2 fully saturated rings. The van der Waals surface area contributed by atoms with E-state index in [1.165, 1.54) is 12.8 Å². The number of nitrogens with two attached hydrogens (primary N) is 1.